The summed E-state index contributed by atoms with van der Waals surface area (Å²) in [4.78, 5) is 30.3. The molecule has 1 saturated carbocycles. The molecule has 1 aromatic carbocycles. The molecule has 0 aromatic heterocycles. The lowest BCUT2D eigenvalue weighted by Crippen LogP contribution is -2.39. The molecule has 1 heterocycles. The molecule has 1 fully saturated rings. The summed E-state index contributed by atoms with van der Waals surface area (Å²) >= 11 is 0. The van der Waals surface area contributed by atoms with Crippen LogP contribution >= 0.6 is 0 Å². The molecule has 6 heteroatoms. The maximum Gasteiger partial charge on any atom is 0.336 e. The summed E-state index contributed by atoms with van der Waals surface area (Å²) in [5.41, 5.74) is 2.59. The van der Waals surface area contributed by atoms with Gasteiger partial charge in [0.25, 0.3) is 0 Å². The van der Waals surface area contributed by atoms with Crippen LogP contribution in [0.5, 0.6) is 11.5 Å². The van der Waals surface area contributed by atoms with Crippen molar-refractivity contribution >= 4 is 17.5 Å². The Morgan fingerprint density at radius 3 is 2.75 bits per heavy atom. The van der Waals surface area contributed by atoms with E-state index in [-0.39, 0.29) is 11.5 Å². The van der Waals surface area contributed by atoms with Crippen molar-refractivity contribution in [3.05, 3.63) is 35.0 Å². The molecule has 2 aliphatic rings. The number of Topliss-reactive ketones (excluding diaryl/α,β-unsaturated/α-hetero) is 1. The Hall–Kier alpha value is -2.63. The van der Waals surface area contributed by atoms with E-state index < -0.39 is 17.8 Å². The number of benzene rings is 1. The van der Waals surface area contributed by atoms with Gasteiger partial charge in [0.05, 0.1) is 24.7 Å². The molecule has 0 saturated heterocycles. The van der Waals surface area contributed by atoms with E-state index in [1.807, 2.05) is 13.8 Å². The SMILES string of the molecule is CCCOC(=O)C1=C(C)N=C2CCCC(=O)C2C1c1ccc(O)c(OCC)c1. The van der Waals surface area contributed by atoms with Gasteiger partial charge in [-0.3, -0.25) is 9.79 Å². The van der Waals surface area contributed by atoms with Crippen LogP contribution in [0, 0.1) is 5.92 Å². The van der Waals surface area contributed by atoms with Crippen LogP contribution in [0.25, 0.3) is 0 Å². The van der Waals surface area contributed by atoms with Gasteiger partial charge in [0.1, 0.15) is 5.78 Å². The van der Waals surface area contributed by atoms with Gasteiger partial charge in [0.15, 0.2) is 11.5 Å². The zero-order valence-corrected chi connectivity index (χ0v) is 16.7. The van der Waals surface area contributed by atoms with Gasteiger partial charge in [-0.05, 0) is 50.8 Å². The highest BCUT2D eigenvalue weighted by Gasteiger charge is 2.43. The average molecular weight is 385 g/mol. The first-order chi connectivity index (χ1) is 13.5. The number of esters is 1. The molecule has 3 rings (SSSR count). The Kier molecular flexibility index (Phi) is 6.17. The molecule has 2 unspecified atom stereocenters. The van der Waals surface area contributed by atoms with E-state index in [0.29, 0.717) is 43.1 Å². The van der Waals surface area contributed by atoms with Gasteiger partial charge < -0.3 is 14.6 Å². The van der Waals surface area contributed by atoms with Crippen molar-refractivity contribution in [3.8, 4) is 11.5 Å². The van der Waals surface area contributed by atoms with Gasteiger partial charge in [-0.1, -0.05) is 13.0 Å². The Balaban J connectivity index is 2.12. The Morgan fingerprint density at radius 2 is 2.04 bits per heavy atom. The fourth-order valence-electron chi connectivity index (χ4n) is 4.01. The van der Waals surface area contributed by atoms with Gasteiger partial charge in [0, 0.05) is 23.7 Å². The van der Waals surface area contributed by atoms with Crippen LogP contribution in [0.4, 0.5) is 0 Å². The monoisotopic (exact) mass is 385 g/mol. The quantitative estimate of drug-likeness (QED) is 0.750. The molecule has 1 aromatic rings. The predicted octanol–water partition coefficient (Wildman–Crippen LogP) is 3.93. The number of carbonyl (C=O) groups excluding carboxylic acids is 2. The average Bonchev–Trinajstić information content (AvgIpc) is 2.67. The smallest absolute Gasteiger partial charge is 0.336 e. The van der Waals surface area contributed by atoms with Crippen LogP contribution in [0.1, 0.15) is 57.9 Å². The van der Waals surface area contributed by atoms with Crippen LogP contribution in [-0.4, -0.2) is 35.8 Å². The summed E-state index contributed by atoms with van der Waals surface area (Å²) in [6.45, 7) is 6.28. The third kappa shape index (κ3) is 3.81. The van der Waals surface area contributed by atoms with Gasteiger partial charge in [-0.15, -0.1) is 0 Å². The normalized spacial score (nSPS) is 21.8. The molecule has 0 radical (unpaired) electrons. The largest absolute Gasteiger partial charge is 0.504 e. The van der Waals surface area contributed by atoms with Crippen molar-refractivity contribution in [1.82, 2.24) is 0 Å². The van der Waals surface area contributed by atoms with E-state index in [0.717, 1.165) is 24.1 Å². The Morgan fingerprint density at radius 1 is 1.25 bits per heavy atom. The third-order valence-electron chi connectivity index (χ3n) is 5.21. The summed E-state index contributed by atoms with van der Waals surface area (Å²) in [5.74, 6) is -0.927. The van der Waals surface area contributed by atoms with Crippen LogP contribution in [0.2, 0.25) is 0 Å². The van der Waals surface area contributed by atoms with Crippen LogP contribution in [0.15, 0.2) is 34.5 Å². The minimum absolute atomic E-state index is 0.0288. The minimum Gasteiger partial charge on any atom is -0.504 e. The summed E-state index contributed by atoms with van der Waals surface area (Å²) < 4.78 is 10.9. The fraction of sp³-hybridized carbons (Fsp3) is 0.500. The number of ether oxygens (including phenoxy) is 2. The first kappa shape index (κ1) is 20.1. The van der Waals surface area contributed by atoms with Crippen LogP contribution < -0.4 is 4.74 Å². The van der Waals surface area contributed by atoms with E-state index in [1.165, 1.54) is 0 Å². The summed E-state index contributed by atoms with van der Waals surface area (Å²) in [6.07, 6.45) is 2.72. The highest BCUT2D eigenvalue weighted by Crippen LogP contribution is 2.44. The molecule has 0 amide bonds. The molecule has 2 atom stereocenters. The van der Waals surface area contributed by atoms with Gasteiger partial charge >= 0.3 is 5.97 Å². The predicted molar refractivity (Wildman–Crippen MR) is 106 cm³/mol. The number of aliphatic imine (C=N–C) groups is 1. The second-order valence-electron chi connectivity index (χ2n) is 7.17. The number of phenols is 1. The van der Waals surface area contributed by atoms with Crippen molar-refractivity contribution < 1.29 is 24.2 Å². The van der Waals surface area contributed by atoms with E-state index in [9.17, 15) is 14.7 Å². The summed E-state index contributed by atoms with van der Waals surface area (Å²) in [7, 11) is 0. The van der Waals surface area contributed by atoms with E-state index >= 15 is 0 Å². The lowest BCUT2D eigenvalue weighted by Gasteiger charge is -2.35. The molecular weight excluding hydrogens is 358 g/mol. The standard InChI is InChI=1S/C22H27NO5/c1-4-11-28-22(26)19-13(3)23-15-7-6-8-17(25)21(15)20(19)14-9-10-16(24)18(12-14)27-5-2/h9-10,12,20-21,24H,4-8,11H2,1-3H3. The van der Waals surface area contributed by atoms with Crippen molar-refractivity contribution in [2.24, 2.45) is 10.9 Å². The number of fused-ring (bicyclic) bond motifs is 1. The molecule has 0 bridgehead atoms. The molecule has 150 valence electrons. The van der Waals surface area contributed by atoms with Crippen molar-refractivity contribution in [1.29, 1.82) is 0 Å². The van der Waals surface area contributed by atoms with Crippen molar-refractivity contribution in [2.45, 2.75) is 52.4 Å². The topological polar surface area (TPSA) is 85.2 Å². The van der Waals surface area contributed by atoms with Gasteiger partial charge in [-0.25, -0.2) is 4.79 Å². The van der Waals surface area contributed by atoms with E-state index in [1.54, 1.807) is 25.1 Å². The number of hydrogen-bond acceptors (Lipinski definition) is 6. The number of hydrogen-bond donors (Lipinski definition) is 1. The number of phenolic OH excluding ortho intramolecular Hbond substituents is 1. The van der Waals surface area contributed by atoms with Crippen molar-refractivity contribution in [3.63, 3.8) is 0 Å². The number of allylic oxidation sites excluding steroid dienone is 1. The number of nitrogens with zero attached hydrogens (tertiary/aromatic N) is 1. The molecule has 6 nitrogen and oxygen atoms in total. The van der Waals surface area contributed by atoms with Gasteiger partial charge in [-0.2, -0.15) is 0 Å². The first-order valence-electron chi connectivity index (χ1n) is 9.91. The van der Waals surface area contributed by atoms with Crippen molar-refractivity contribution in [2.75, 3.05) is 13.2 Å². The molecule has 1 N–H and O–H groups in total. The highest BCUT2D eigenvalue weighted by atomic mass is 16.5. The summed E-state index contributed by atoms with van der Waals surface area (Å²) in [6, 6.07) is 5.01. The maximum absolute atomic E-state index is 12.9. The lowest BCUT2D eigenvalue weighted by molar-refractivity contribution is -0.139. The van der Waals surface area contributed by atoms with Crippen LogP contribution in [-0.2, 0) is 14.3 Å². The van der Waals surface area contributed by atoms with E-state index in [2.05, 4.69) is 4.99 Å². The molecule has 1 aliphatic heterocycles. The van der Waals surface area contributed by atoms with Crippen LogP contribution in [0.3, 0.4) is 0 Å². The minimum atomic E-state index is -0.482. The first-order valence-corrected chi connectivity index (χ1v) is 9.91. The molecule has 0 spiro atoms. The third-order valence-corrected chi connectivity index (χ3v) is 5.21. The second-order valence-corrected chi connectivity index (χ2v) is 7.17. The van der Waals surface area contributed by atoms with E-state index in [4.69, 9.17) is 9.47 Å². The molecular formula is C22H27NO5. The highest BCUT2D eigenvalue weighted by molar-refractivity contribution is 6.11. The zero-order chi connectivity index (χ0) is 20.3. The number of ketones is 1. The Bertz CT molecular complexity index is 839. The second kappa shape index (κ2) is 8.59. The molecule has 28 heavy (non-hydrogen) atoms. The number of aromatic hydroxyl groups is 1. The molecule has 1 aliphatic carbocycles. The van der Waals surface area contributed by atoms with Gasteiger partial charge in [0.2, 0.25) is 0 Å². The Labute approximate surface area is 165 Å². The summed E-state index contributed by atoms with van der Waals surface area (Å²) in [5, 5.41) is 10.1. The number of carbonyl (C=O) groups is 2. The fourth-order valence-corrected chi connectivity index (χ4v) is 4.01. The zero-order valence-electron chi connectivity index (χ0n) is 16.7. The number of rotatable bonds is 6. The maximum atomic E-state index is 12.9. The lowest BCUT2D eigenvalue weighted by atomic mass is 9.69.